The Morgan fingerprint density at radius 3 is 2.75 bits per heavy atom. The van der Waals surface area contributed by atoms with E-state index in [0.717, 1.165) is 0 Å². The molecule has 1 heterocycles. The molecule has 1 rings (SSSR count). The maximum absolute atomic E-state index is 12.3. The number of rotatable bonds is 2. The van der Waals surface area contributed by atoms with Crippen LogP contribution < -0.4 is 4.74 Å². The fraction of sp³-hybridized carbons (Fsp3) is 0.286. The maximum atomic E-state index is 12.3. The summed E-state index contributed by atoms with van der Waals surface area (Å²) in [5.41, 5.74) is -0.163. The molecule has 66 valence electrons. The SMILES string of the molecule is COc1ncc(I)cc1C(F)F. The lowest BCUT2D eigenvalue weighted by atomic mass is 10.3. The van der Waals surface area contributed by atoms with Crippen LogP contribution >= 0.6 is 22.6 Å². The first-order valence-corrected chi connectivity index (χ1v) is 4.20. The number of pyridine rings is 1. The second-order valence-electron chi connectivity index (χ2n) is 2.05. The minimum atomic E-state index is -2.54. The van der Waals surface area contributed by atoms with Gasteiger partial charge in [0.2, 0.25) is 5.88 Å². The molecule has 1 aromatic heterocycles. The summed E-state index contributed by atoms with van der Waals surface area (Å²) < 4.78 is 29.9. The van der Waals surface area contributed by atoms with Crippen molar-refractivity contribution in [1.82, 2.24) is 4.98 Å². The number of halogens is 3. The molecule has 2 nitrogen and oxygen atoms in total. The largest absolute Gasteiger partial charge is 0.481 e. The van der Waals surface area contributed by atoms with Crippen LogP contribution in [0.1, 0.15) is 12.0 Å². The Bertz CT molecular complexity index is 280. The van der Waals surface area contributed by atoms with E-state index in [2.05, 4.69) is 9.72 Å². The predicted molar refractivity (Wildman–Crippen MR) is 48.5 cm³/mol. The normalized spacial score (nSPS) is 10.4. The van der Waals surface area contributed by atoms with Crippen molar-refractivity contribution in [3.05, 3.63) is 21.4 Å². The van der Waals surface area contributed by atoms with Crippen molar-refractivity contribution in [3.63, 3.8) is 0 Å². The molecule has 0 N–H and O–H groups in total. The zero-order chi connectivity index (χ0) is 9.14. The van der Waals surface area contributed by atoms with Gasteiger partial charge in [-0.15, -0.1) is 0 Å². The minimum absolute atomic E-state index is 0.00887. The third-order valence-electron chi connectivity index (χ3n) is 1.27. The molecule has 0 aromatic carbocycles. The zero-order valence-corrected chi connectivity index (χ0v) is 8.38. The molecule has 12 heavy (non-hydrogen) atoms. The first-order valence-electron chi connectivity index (χ1n) is 3.12. The molecule has 0 radical (unpaired) electrons. The summed E-state index contributed by atoms with van der Waals surface area (Å²) in [7, 11) is 1.32. The van der Waals surface area contributed by atoms with Gasteiger partial charge in [-0.05, 0) is 28.7 Å². The summed E-state index contributed by atoms with van der Waals surface area (Å²) >= 11 is 1.92. The second kappa shape index (κ2) is 3.97. The first kappa shape index (κ1) is 9.63. The van der Waals surface area contributed by atoms with Gasteiger partial charge in [-0.1, -0.05) is 0 Å². The molecule has 0 saturated carbocycles. The summed E-state index contributed by atoms with van der Waals surface area (Å²) in [6, 6.07) is 1.36. The third-order valence-corrected chi connectivity index (χ3v) is 1.86. The van der Waals surface area contributed by atoms with Gasteiger partial charge in [-0.2, -0.15) is 0 Å². The Hall–Kier alpha value is -0.460. The number of alkyl halides is 2. The Morgan fingerprint density at radius 1 is 1.58 bits per heavy atom. The van der Waals surface area contributed by atoms with Gasteiger partial charge < -0.3 is 4.74 Å². The Labute approximate surface area is 82.1 Å². The van der Waals surface area contributed by atoms with Crippen LogP contribution in [-0.2, 0) is 0 Å². The molecule has 0 spiro atoms. The molecule has 0 saturated heterocycles. The van der Waals surface area contributed by atoms with Gasteiger partial charge in [0, 0.05) is 9.77 Å². The molecule has 0 aliphatic carbocycles. The Morgan fingerprint density at radius 2 is 2.25 bits per heavy atom. The average molecular weight is 285 g/mol. The van der Waals surface area contributed by atoms with E-state index in [1.165, 1.54) is 19.4 Å². The monoisotopic (exact) mass is 285 g/mol. The van der Waals surface area contributed by atoms with Crippen molar-refractivity contribution in [2.75, 3.05) is 7.11 Å². The van der Waals surface area contributed by atoms with Gasteiger partial charge in [0.05, 0.1) is 12.7 Å². The van der Waals surface area contributed by atoms with Crippen molar-refractivity contribution in [2.45, 2.75) is 6.43 Å². The van der Waals surface area contributed by atoms with E-state index in [9.17, 15) is 8.78 Å². The van der Waals surface area contributed by atoms with Crippen molar-refractivity contribution in [1.29, 1.82) is 0 Å². The van der Waals surface area contributed by atoms with Crippen LogP contribution in [0.15, 0.2) is 12.3 Å². The molecule has 0 unspecified atom stereocenters. The fourth-order valence-electron chi connectivity index (χ4n) is 0.769. The smallest absolute Gasteiger partial charge is 0.269 e. The summed E-state index contributed by atoms with van der Waals surface area (Å²) in [5, 5.41) is 0. The van der Waals surface area contributed by atoms with E-state index in [-0.39, 0.29) is 11.4 Å². The van der Waals surface area contributed by atoms with Gasteiger partial charge in [-0.3, -0.25) is 0 Å². The van der Waals surface area contributed by atoms with Gasteiger partial charge >= 0.3 is 0 Å². The van der Waals surface area contributed by atoms with Gasteiger partial charge in [0.1, 0.15) is 0 Å². The lowest BCUT2D eigenvalue weighted by molar-refractivity contribution is 0.146. The lowest BCUT2D eigenvalue weighted by Gasteiger charge is -2.05. The highest BCUT2D eigenvalue weighted by Crippen LogP contribution is 2.27. The van der Waals surface area contributed by atoms with E-state index in [4.69, 9.17) is 0 Å². The fourth-order valence-corrected chi connectivity index (χ4v) is 1.24. The van der Waals surface area contributed by atoms with Crippen LogP contribution in [0.25, 0.3) is 0 Å². The molecular formula is C7H6F2INO. The summed E-state index contributed by atoms with van der Waals surface area (Å²) in [5.74, 6) is -0.00887. The predicted octanol–water partition coefficient (Wildman–Crippen LogP) is 2.63. The van der Waals surface area contributed by atoms with E-state index in [1.807, 2.05) is 22.6 Å². The molecule has 0 atom stereocenters. The molecule has 0 aliphatic rings. The number of hydrogen-bond donors (Lipinski definition) is 0. The highest BCUT2D eigenvalue weighted by Gasteiger charge is 2.14. The van der Waals surface area contributed by atoms with Crippen molar-refractivity contribution in [3.8, 4) is 5.88 Å². The van der Waals surface area contributed by atoms with Gasteiger partial charge in [-0.25, -0.2) is 13.8 Å². The lowest BCUT2D eigenvalue weighted by Crippen LogP contribution is -1.95. The number of ether oxygens (including phenoxy) is 1. The van der Waals surface area contributed by atoms with Crippen molar-refractivity contribution >= 4 is 22.6 Å². The standard InChI is InChI=1S/C7H6F2INO/c1-12-7-5(6(8)9)2-4(10)3-11-7/h2-3,6H,1H3. The van der Waals surface area contributed by atoms with E-state index in [1.54, 1.807) is 0 Å². The summed E-state index contributed by atoms with van der Waals surface area (Å²) in [4.78, 5) is 3.71. The third kappa shape index (κ3) is 2.02. The van der Waals surface area contributed by atoms with Gasteiger partial charge in [0.25, 0.3) is 6.43 Å². The first-order chi connectivity index (χ1) is 5.65. The second-order valence-corrected chi connectivity index (χ2v) is 3.30. The molecular weight excluding hydrogens is 279 g/mol. The van der Waals surface area contributed by atoms with Crippen LogP contribution in [0.4, 0.5) is 8.78 Å². The molecule has 1 aromatic rings. The molecule has 5 heteroatoms. The zero-order valence-electron chi connectivity index (χ0n) is 6.22. The van der Waals surface area contributed by atoms with E-state index >= 15 is 0 Å². The number of hydrogen-bond acceptors (Lipinski definition) is 2. The average Bonchev–Trinajstić information content (AvgIpc) is 2.04. The van der Waals surface area contributed by atoms with E-state index < -0.39 is 6.43 Å². The van der Waals surface area contributed by atoms with Crippen molar-refractivity contribution < 1.29 is 13.5 Å². The highest BCUT2D eigenvalue weighted by molar-refractivity contribution is 14.1. The number of methoxy groups -OCH3 is 1. The number of aromatic nitrogens is 1. The molecule has 0 fully saturated rings. The quantitative estimate of drug-likeness (QED) is 0.779. The van der Waals surface area contributed by atoms with Crippen LogP contribution in [0.5, 0.6) is 5.88 Å². The molecule has 0 bridgehead atoms. The van der Waals surface area contributed by atoms with Crippen LogP contribution in [0, 0.1) is 3.57 Å². The highest BCUT2D eigenvalue weighted by atomic mass is 127. The molecule has 0 amide bonds. The number of nitrogens with zero attached hydrogens (tertiary/aromatic N) is 1. The Kier molecular flexibility index (Phi) is 3.19. The topological polar surface area (TPSA) is 22.1 Å². The Balaban J connectivity index is 3.12. The maximum Gasteiger partial charge on any atom is 0.269 e. The molecule has 0 aliphatic heterocycles. The van der Waals surface area contributed by atoms with Crippen LogP contribution in [0.3, 0.4) is 0 Å². The minimum Gasteiger partial charge on any atom is -0.481 e. The van der Waals surface area contributed by atoms with Crippen molar-refractivity contribution in [2.24, 2.45) is 0 Å². The van der Waals surface area contributed by atoms with Gasteiger partial charge in [0.15, 0.2) is 0 Å². The van der Waals surface area contributed by atoms with Crippen LogP contribution in [0.2, 0.25) is 0 Å². The summed E-state index contributed by atoms with van der Waals surface area (Å²) in [6.07, 6.45) is -1.06. The van der Waals surface area contributed by atoms with Crippen LogP contribution in [-0.4, -0.2) is 12.1 Å². The summed E-state index contributed by atoms with van der Waals surface area (Å²) in [6.45, 7) is 0. The van der Waals surface area contributed by atoms with E-state index in [0.29, 0.717) is 3.57 Å².